The van der Waals surface area contributed by atoms with Crippen LogP contribution in [0, 0.1) is 11.8 Å². The quantitative estimate of drug-likeness (QED) is 0.656. The molecule has 8 heteroatoms. The second-order valence-corrected chi connectivity index (χ2v) is 11.3. The molecule has 1 aliphatic carbocycles. The molecule has 1 saturated carbocycles. The number of rotatable bonds is 3. The number of carbonyl (C=O) groups is 4. The molecule has 1 aromatic carbocycles. The van der Waals surface area contributed by atoms with Crippen molar-refractivity contribution in [1.82, 2.24) is 15.1 Å². The van der Waals surface area contributed by atoms with Crippen LogP contribution in [0.1, 0.15) is 87.4 Å². The van der Waals surface area contributed by atoms with Crippen molar-refractivity contribution in [2.75, 3.05) is 6.54 Å². The summed E-state index contributed by atoms with van der Waals surface area (Å²) in [5.41, 5.74) is 0.393. The molecular formula is C27H37N3O5. The summed E-state index contributed by atoms with van der Waals surface area (Å²) >= 11 is 0. The Balaban J connectivity index is 1.32. The van der Waals surface area contributed by atoms with Gasteiger partial charge in [0.25, 0.3) is 11.8 Å². The predicted octanol–water partition coefficient (Wildman–Crippen LogP) is 3.99. The van der Waals surface area contributed by atoms with E-state index in [1.165, 1.54) is 4.90 Å². The molecule has 1 saturated heterocycles. The van der Waals surface area contributed by atoms with Crippen molar-refractivity contribution in [3.8, 4) is 0 Å². The third-order valence-corrected chi connectivity index (χ3v) is 7.52. The molecule has 8 nitrogen and oxygen atoms in total. The van der Waals surface area contributed by atoms with Gasteiger partial charge in [0.05, 0.1) is 11.1 Å². The van der Waals surface area contributed by atoms with Gasteiger partial charge in [-0.3, -0.25) is 19.3 Å². The zero-order chi connectivity index (χ0) is 25.5. The molecule has 35 heavy (non-hydrogen) atoms. The molecule has 3 aliphatic rings. The lowest BCUT2D eigenvalue weighted by Gasteiger charge is -2.44. The summed E-state index contributed by atoms with van der Waals surface area (Å²) in [5, 5.41) is 2.98. The van der Waals surface area contributed by atoms with Crippen LogP contribution in [-0.4, -0.2) is 63.9 Å². The van der Waals surface area contributed by atoms with Crippen LogP contribution >= 0.6 is 0 Å². The number of imide groups is 1. The van der Waals surface area contributed by atoms with Crippen molar-refractivity contribution in [1.29, 1.82) is 0 Å². The van der Waals surface area contributed by atoms with E-state index in [4.69, 9.17) is 4.74 Å². The SMILES string of the molecule is C[C@@H]1CN(C(=O)C2CCC(N3C(=O)c4ccccc4C3=O)CC2)[C@H](C)C[C@H]1NC(=O)OC(C)(C)C. The van der Waals surface area contributed by atoms with Crippen LogP contribution in [-0.2, 0) is 9.53 Å². The van der Waals surface area contributed by atoms with Crippen LogP contribution in [0.3, 0.4) is 0 Å². The van der Waals surface area contributed by atoms with Gasteiger partial charge in [-0.05, 0) is 77.8 Å². The topological polar surface area (TPSA) is 96.0 Å². The number of benzene rings is 1. The fourth-order valence-electron chi connectivity index (χ4n) is 5.67. The molecule has 0 spiro atoms. The average Bonchev–Trinajstić information content (AvgIpc) is 3.05. The van der Waals surface area contributed by atoms with Crippen LogP contribution in [0.5, 0.6) is 0 Å². The monoisotopic (exact) mass is 483 g/mol. The molecule has 3 atom stereocenters. The number of alkyl carbamates (subject to hydrolysis) is 1. The van der Waals surface area contributed by atoms with Gasteiger partial charge in [0.2, 0.25) is 5.91 Å². The van der Waals surface area contributed by atoms with Crippen molar-refractivity contribution in [2.24, 2.45) is 11.8 Å². The number of carbonyl (C=O) groups excluding carboxylic acids is 4. The fourth-order valence-corrected chi connectivity index (χ4v) is 5.67. The number of nitrogens with one attached hydrogen (secondary N) is 1. The Bertz CT molecular complexity index is 973. The lowest BCUT2D eigenvalue weighted by atomic mass is 9.82. The number of ether oxygens (including phenoxy) is 1. The Morgan fingerprint density at radius 3 is 2.09 bits per heavy atom. The normalized spacial score (nSPS) is 29.1. The molecule has 2 aliphatic heterocycles. The third-order valence-electron chi connectivity index (χ3n) is 7.52. The zero-order valence-corrected chi connectivity index (χ0v) is 21.4. The molecule has 0 bridgehead atoms. The first-order chi connectivity index (χ1) is 16.5. The van der Waals surface area contributed by atoms with E-state index in [1.54, 1.807) is 24.3 Å². The second-order valence-electron chi connectivity index (χ2n) is 11.3. The number of nitrogens with zero attached hydrogens (tertiary/aromatic N) is 2. The molecule has 4 rings (SSSR count). The van der Waals surface area contributed by atoms with Crippen LogP contribution < -0.4 is 5.32 Å². The van der Waals surface area contributed by atoms with E-state index in [0.717, 1.165) is 0 Å². The minimum absolute atomic E-state index is 0.00703. The number of likely N-dealkylation sites (tertiary alicyclic amines) is 1. The smallest absolute Gasteiger partial charge is 0.407 e. The van der Waals surface area contributed by atoms with Crippen molar-refractivity contribution in [3.05, 3.63) is 35.4 Å². The Morgan fingerprint density at radius 2 is 1.54 bits per heavy atom. The van der Waals surface area contributed by atoms with Gasteiger partial charge in [-0.1, -0.05) is 19.1 Å². The van der Waals surface area contributed by atoms with E-state index in [9.17, 15) is 19.2 Å². The first kappa shape index (κ1) is 25.2. The van der Waals surface area contributed by atoms with Crippen molar-refractivity contribution >= 4 is 23.8 Å². The van der Waals surface area contributed by atoms with Gasteiger partial charge < -0.3 is 15.0 Å². The summed E-state index contributed by atoms with van der Waals surface area (Å²) in [7, 11) is 0. The lowest BCUT2D eigenvalue weighted by molar-refractivity contribution is -0.141. The van der Waals surface area contributed by atoms with Gasteiger partial charge in [-0.25, -0.2) is 4.79 Å². The maximum Gasteiger partial charge on any atom is 0.407 e. The molecule has 1 aromatic rings. The van der Waals surface area contributed by atoms with E-state index in [0.29, 0.717) is 49.8 Å². The Hall–Kier alpha value is -2.90. The number of fused-ring (bicyclic) bond motifs is 1. The summed E-state index contributed by atoms with van der Waals surface area (Å²) in [6, 6.07) is 6.76. The van der Waals surface area contributed by atoms with Crippen LogP contribution in [0.25, 0.3) is 0 Å². The van der Waals surface area contributed by atoms with Crippen LogP contribution in [0.2, 0.25) is 0 Å². The van der Waals surface area contributed by atoms with Crippen molar-refractivity contribution in [3.63, 3.8) is 0 Å². The van der Waals surface area contributed by atoms with Gasteiger partial charge >= 0.3 is 6.09 Å². The van der Waals surface area contributed by atoms with E-state index in [-0.39, 0.29) is 47.7 Å². The molecule has 2 fully saturated rings. The summed E-state index contributed by atoms with van der Waals surface area (Å²) in [5.74, 6) is -0.297. The number of hydrogen-bond donors (Lipinski definition) is 1. The highest BCUT2D eigenvalue weighted by Crippen LogP contribution is 2.35. The van der Waals surface area contributed by atoms with Gasteiger partial charge in [0.1, 0.15) is 5.60 Å². The molecule has 0 unspecified atom stereocenters. The van der Waals surface area contributed by atoms with E-state index in [1.807, 2.05) is 39.5 Å². The van der Waals surface area contributed by atoms with Crippen molar-refractivity contribution in [2.45, 2.75) is 90.4 Å². The summed E-state index contributed by atoms with van der Waals surface area (Å²) in [4.78, 5) is 54.7. The molecule has 0 radical (unpaired) electrons. The average molecular weight is 484 g/mol. The summed E-state index contributed by atoms with van der Waals surface area (Å²) in [6.07, 6.45) is 2.86. The number of hydrogen-bond acceptors (Lipinski definition) is 5. The summed E-state index contributed by atoms with van der Waals surface area (Å²) < 4.78 is 5.40. The lowest BCUT2D eigenvalue weighted by Crippen LogP contribution is -2.57. The fraction of sp³-hybridized carbons (Fsp3) is 0.630. The molecule has 0 aromatic heterocycles. The summed E-state index contributed by atoms with van der Waals surface area (Å²) in [6.45, 7) is 10.2. The first-order valence-electron chi connectivity index (χ1n) is 12.7. The van der Waals surface area contributed by atoms with Crippen LogP contribution in [0.15, 0.2) is 24.3 Å². The Labute approximate surface area is 207 Å². The highest BCUT2D eigenvalue weighted by molar-refractivity contribution is 6.21. The molecule has 4 amide bonds. The van der Waals surface area contributed by atoms with E-state index in [2.05, 4.69) is 5.32 Å². The highest BCUT2D eigenvalue weighted by Gasteiger charge is 2.43. The van der Waals surface area contributed by atoms with Gasteiger partial charge in [0.15, 0.2) is 0 Å². The zero-order valence-electron chi connectivity index (χ0n) is 21.4. The highest BCUT2D eigenvalue weighted by atomic mass is 16.6. The maximum absolute atomic E-state index is 13.4. The first-order valence-corrected chi connectivity index (χ1v) is 12.7. The standard InChI is InChI=1S/C27H37N3O5/c1-16-15-29(17(2)14-22(16)28-26(34)35-27(3,4)5)23(31)18-10-12-19(13-11-18)30-24(32)20-8-6-7-9-21(20)25(30)33/h6-9,16-19,22H,10-15H2,1-5H3,(H,28,34)/t16-,17-,18?,19?,22-/m1/s1. The maximum atomic E-state index is 13.4. The molecule has 1 N–H and O–H groups in total. The van der Waals surface area contributed by atoms with Crippen LogP contribution in [0.4, 0.5) is 4.79 Å². The second kappa shape index (κ2) is 9.63. The predicted molar refractivity (Wildman–Crippen MR) is 131 cm³/mol. The molecule has 2 heterocycles. The Morgan fingerprint density at radius 1 is 0.971 bits per heavy atom. The van der Waals surface area contributed by atoms with E-state index >= 15 is 0 Å². The molecular weight excluding hydrogens is 446 g/mol. The van der Waals surface area contributed by atoms with Gasteiger partial charge in [-0.15, -0.1) is 0 Å². The van der Waals surface area contributed by atoms with Crippen molar-refractivity contribution < 1.29 is 23.9 Å². The van der Waals surface area contributed by atoms with Gasteiger partial charge in [0, 0.05) is 30.6 Å². The third kappa shape index (κ3) is 5.21. The van der Waals surface area contributed by atoms with Gasteiger partial charge in [-0.2, -0.15) is 0 Å². The largest absolute Gasteiger partial charge is 0.444 e. The minimum atomic E-state index is -0.554. The minimum Gasteiger partial charge on any atom is -0.444 e. The van der Waals surface area contributed by atoms with E-state index < -0.39 is 11.7 Å². The Kier molecular flexibility index (Phi) is 6.93. The number of amides is 4. The number of piperidine rings is 1. The molecule has 190 valence electrons.